The maximum atomic E-state index is 13.8. The summed E-state index contributed by atoms with van der Waals surface area (Å²) in [6, 6.07) is 0. The highest BCUT2D eigenvalue weighted by atomic mass is 16.7. The minimum atomic E-state index is -0.956. The van der Waals surface area contributed by atoms with Gasteiger partial charge >= 0.3 is 5.97 Å². The molecule has 8 nitrogen and oxygen atoms in total. The summed E-state index contributed by atoms with van der Waals surface area (Å²) in [4.78, 5) is 39.0. The van der Waals surface area contributed by atoms with Crippen LogP contribution in [0.4, 0.5) is 0 Å². The molecule has 12 bridgehead atoms. The summed E-state index contributed by atoms with van der Waals surface area (Å²) in [5, 5.41) is 11.5. The largest absolute Gasteiger partial charge is 0.464 e. The SMILES string of the molecule is CC12CC3CC(C1)C1(OCC(COC(=O)C45CC6CC(C4)C(C5)C6=O)(COC(O)C45CC6CC(C4)C(C5)C6=O)CO1)C3C2. The molecule has 0 amide bonds. The molecule has 1 heterocycles. The molecule has 43 heavy (non-hydrogen) atoms. The summed E-state index contributed by atoms with van der Waals surface area (Å²) in [6.45, 7) is 3.49. The molecule has 1 saturated heterocycles. The van der Waals surface area contributed by atoms with E-state index in [1.54, 1.807) is 0 Å². The van der Waals surface area contributed by atoms with Crippen molar-refractivity contribution in [3.05, 3.63) is 0 Å². The molecule has 12 saturated carbocycles. The summed E-state index contributed by atoms with van der Waals surface area (Å²) in [5.74, 6) is 2.50. The molecule has 0 aromatic carbocycles. The number of ether oxygens (including phenoxy) is 4. The third kappa shape index (κ3) is 3.40. The molecular formula is C35H46O8. The van der Waals surface area contributed by atoms with E-state index in [0.717, 1.165) is 44.9 Å². The van der Waals surface area contributed by atoms with E-state index in [0.29, 0.717) is 79.0 Å². The van der Waals surface area contributed by atoms with Crippen LogP contribution in [0.25, 0.3) is 0 Å². The molecule has 13 rings (SSSR count). The van der Waals surface area contributed by atoms with Gasteiger partial charge in [0, 0.05) is 40.9 Å². The third-order valence-electron chi connectivity index (χ3n) is 15.4. The predicted molar refractivity (Wildman–Crippen MR) is 150 cm³/mol. The average Bonchev–Trinajstić information content (AvgIpc) is 3.70. The summed E-state index contributed by atoms with van der Waals surface area (Å²) in [7, 11) is 0. The van der Waals surface area contributed by atoms with Gasteiger partial charge in [-0.3, -0.25) is 14.4 Å². The highest BCUT2D eigenvalue weighted by Gasteiger charge is 2.70. The lowest BCUT2D eigenvalue weighted by atomic mass is 9.68. The first kappa shape index (κ1) is 26.8. The van der Waals surface area contributed by atoms with Crippen LogP contribution in [0.2, 0.25) is 0 Å². The minimum absolute atomic E-state index is 0.0247. The molecule has 0 aromatic rings. The van der Waals surface area contributed by atoms with Gasteiger partial charge in [-0.05, 0) is 100 Å². The summed E-state index contributed by atoms with van der Waals surface area (Å²) in [6.07, 6.45) is 10.0. The number of carbonyl (C=O) groups is 3. The van der Waals surface area contributed by atoms with Gasteiger partial charge in [-0.2, -0.15) is 0 Å². The van der Waals surface area contributed by atoms with Gasteiger partial charge in [0.05, 0.1) is 30.7 Å². The lowest BCUT2D eigenvalue weighted by molar-refractivity contribution is -0.358. The molecular weight excluding hydrogens is 548 g/mol. The van der Waals surface area contributed by atoms with Gasteiger partial charge in [0.2, 0.25) is 0 Å². The standard InChI is InChI=1S/C35H46O8/c1-31-5-20-4-23(10-31)35(26(20)13-31)42-16-32(17-43-35,14-40-29(38)33-6-18-2-21(8-33)27(36)24(18)11-33)15-41-30(39)34-7-19-3-22(9-34)28(37)25(19)12-34/h18-26,29,38H,2-17H2,1H3. The zero-order valence-corrected chi connectivity index (χ0v) is 25.4. The fourth-order valence-electron chi connectivity index (χ4n) is 13.8. The average molecular weight is 595 g/mol. The number of aliphatic hydroxyl groups excluding tert-OH is 1. The third-order valence-corrected chi connectivity index (χ3v) is 15.4. The molecule has 13 atom stereocenters. The molecule has 13 aliphatic rings. The van der Waals surface area contributed by atoms with E-state index < -0.39 is 22.9 Å². The Bertz CT molecular complexity index is 1290. The lowest BCUT2D eigenvalue weighted by Crippen LogP contribution is -2.60. The number of Topliss-reactive ketones (excluding diaryl/α,β-unsaturated/α-hetero) is 2. The molecule has 1 aliphatic heterocycles. The Labute approximate surface area is 253 Å². The molecule has 8 heteroatoms. The van der Waals surface area contributed by atoms with E-state index in [1.807, 2.05) is 0 Å². The first-order valence-corrected chi connectivity index (χ1v) is 17.4. The minimum Gasteiger partial charge on any atom is -0.464 e. The summed E-state index contributed by atoms with van der Waals surface area (Å²) < 4.78 is 26.2. The molecule has 13 fully saturated rings. The van der Waals surface area contributed by atoms with Crippen molar-refractivity contribution in [2.24, 2.45) is 74.9 Å². The number of esters is 1. The van der Waals surface area contributed by atoms with E-state index >= 15 is 0 Å². The fraction of sp³-hybridized carbons (Fsp3) is 0.914. The van der Waals surface area contributed by atoms with Crippen LogP contribution in [0.5, 0.6) is 0 Å². The van der Waals surface area contributed by atoms with Gasteiger partial charge in [-0.15, -0.1) is 0 Å². The van der Waals surface area contributed by atoms with E-state index in [9.17, 15) is 19.5 Å². The molecule has 0 aromatic heterocycles. The normalized spacial score (nSPS) is 58.5. The van der Waals surface area contributed by atoms with Crippen LogP contribution >= 0.6 is 0 Å². The van der Waals surface area contributed by atoms with E-state index in [-0.39, 0.29) is 48.3 Å². The number of carbonyl (C=O) groups excluding carboxylic acids is 3. The maximum Gasteiger partial charge on any atom is 0.312 e. The second kappa shape index (κ2) is 8.32. The van der Waals surface area contributed by atoms with Crippen LogP contribution in [0.1, 0.15) is 84.0 Å². The van der Waals surface area contributed by atoms with Gasteiger partial charge in [0.1, 0.15) is 18.2 Å². The van der Waals surface area contributed by atoms with Gasteiger partial charge < -0.3 is 24.1 Å². The molecule has 0 radical (unpaired) electrons. The van der Waals surface area contributed by atoms with Gasteiger partial charge in [0.25, 0.3) is 0 Å². The van der Waals surface area contributed by atoms with Crippen molar-refractivity contribution in [1.82, 2.24) is 0 Å². The first-order chi connectivity index (χ1) is 20.5. The number of ketones is 2. The van der Waals surface area contributed by atoms with E-state index in [1.165, 1.54) is 12.8 Å². The number of rotatable bonds is 7. The van der Waals surface area contributed by atoms with Crippen molar-refractivity contribution >= 4 is 17.5 Å². The molecule has 12 aliphatic carbocycles. The highest BCUT2D eigenvalue weighted by molar-refractivity contribution is 5.92. The van der Waals surface area contributed by atoms with Crippen LogP contribution < -0.4 is 0 Å². The van der Waals surface area contributed by atoms with Gasteiger partial charge in [-0.25, -0.2) is 0 Å². The quantitative estimate of drug-likeness (QED) is 0.347. The molecule has 234 valence electrons. The second-order valence-corrected chi connectivity index (χ2v) is 18.0. The van der Waals surface area contributed by atoms with Gasteiger partial charge in [-0.1, -0.05) is 6.92 Å². The van der Waals surface area contributed by atoms with Crippen molar-refractivity contribution in [1.29, 1.82) is 0 Å². The number of aliphatic hydroxyl groups is 1. The zero-order chi connectivity index (χ0) is 29.1. The Morgan fingerprint density at radius 2 is 1.56 bits per heavy atom. The van der Waals surface area contributed by atoms with Crippen molar-refractivity contribution in [2.45, 2.75) is 96.1 Å². The second-order valence-electron chi connectivity index (χ2n) is 18.0. The highest BCUT2D eigenvalue weighted by Crippen LogP contribution is 2.70. The summed E-state index contributed by atoms with van der Waals surface area (Å²) >= 11 is 0. The van der Waals surface area contributed by atoms with Crippen molar-refractivity contribution in [2.75, 3.05) is 26.4 Å². The predicted octanol–water partition coefficient (Wildman–Crippen LogP) is 4.06. The Kier molecular flexibility index (Phi) is 5.19. The van der Waals surface area contributed by atoms with Crippen molar-refractivity contribution < 1.29 is 38.4 Å². The van der Waals surface area contributed by atoms with Crippen LogP contribution in [0, 0.1) is 74.9 Å². The summed E-state index contributed by atoms with van der Waals surface area (Å²) in [5.41, 5.74) is -1.18. The Morgan fingerprint density at radius 3 is 2.23 bits per heavy atom. The Morgan fingerprint density at radius 1 is 0.837 bits per heavy atom. The zero-order valence-electron chi connectivity index (χ0n) is 25.4. The number of hydrogen-bond donors (Lipinski definition) is 1. The molecule has 13 unspecified atom stereocenters. The number of hydrogen-bond acceptors (Lipinski definition) is 8. The molecule has 1 spiro atoms. The first-order valence-electron chi connectivity index (χ1n) is 17.4. The Balaban J connectivity index is 0.872. The van der Waals surface area contributed by atoms with Crippen molar-refractivity contribution in [3.63, 3.8) is 0 Å². The van der Waals surface area contributed by atoms with E-state index in [4.69, 9.17) is 18.9 Å². The smallest absolute Gasteiger partial charge is 0.312 e. The van der Waals surface area contributed by atoms with Gasteiger partial charge in [0.15, 0.2) is 12.1 Å². The van der Waals surface area contributed by atoms with Crippen LogP contribution in [0.3, 0.4) is 0 Å². The fourth-order valence-corrected chi connectivity index (χ4v) is 13.8. The van der Waals surface area contributed by atoms with Crippen molar-refractivity contribution in [3.8, 4) is 0 Å². The van der Waals surface area contributed by atoms with Crippen LogP contribution in [-0.4, -0.2) is 61.1 Å². The monoisotopic (exact) mass is 594 g/mol. The van der Waals surface area contributed by atoms with Crippen LogP contribution in [0.15, 0.2) is 0 Å². The molecule has 1 N–H and O–H groups in total. The topological polar surface area (TPSA) is 108 Å². The van der Waals surface area contributed by atoms with E-state index in [2.05, 4.69) is 6.92 Å². The lowest BCUT2D eigenvalue weighted by Gasteiger charge is -2.53. The Hall–Kier alpha value is -1.35. The van der Waals surface area contributed by atoms with Crippen LogP contribution in [-0.2, 0) is 33.3 Å². The maximum absolute atomic E-state index is 13.8.